The summed E-state index contributed by atoms with van der Waals surface area (Å²) in [5, 5.41) is 13.3. The smallest absolute Gasteiger partial charge is 0.0606 e. The Morgan fingerprint density at radius 1 is 1.35 bits per heavy atom. The Balaban J connectivity index is 2.81. The summed E-state index contributed by atoms with van der Waals surface area (Å²) in [5.74, 6) is 0. The van der Waals surface area contributed by atoms with Crippen molar-refractivity contribution in [1.82, 2.24) is 5.32 Å². The largest absolute Gasteiger partial charge is 0.395 e. The van der Waals surface area contributed by atoms with Gasteiger partial charge in [-0.2, -0.15) is 0 Å². The topological polar surface area (TPSA) is 44.7 Å². The van der Waals surface area contributed by atoms with Crippen molar-refractivity contribution in [3.63, 3.8) is 0 Å². The molecule has 0 saturated carbocycles. The van der Waals surface area contributed by atoms with Gasteiger partial charge < -0.3 is 20.1 Å². The van der Waals surface area contributed by atoms with Crippen LogP contribution in [0.2, 0.25) is 5.02 Å². The van der Waals surface area contributed by atoms with Crippen LogP contribution >= 0.6 is 11.6 Å². The fraction of sp³-hybridized carbons (Fsp3) is 0.600. The Morgan fingerprint density at radius 3 is 2.80 bits per heavy atom. The van der Waals surface area contributed by atoms with Gasteiger partial charge in [-0.15, -0.1) is 0 Å². The summed E-state index contributed by atoms with van der Waals surface area (Å²) >= 11 is 6.10. The number of nitrogens with one attached hydrogen (secondary N) is 1. The van der Waals surface area contributed by atoms with Gasteiger partial charge in [0.1, 0.15) is 0 Å². The van der Waals surface area contributed by atoms with Gasteiger partial charge >= 0.3 is 0 Å². The number of halogens is 1. The number of methoxy groups -OCH3 is 1. The summed E-state index contributed by atoms with van der Waals surface area (Å²) in [6.07, 6.45) is 1.04. The number of aliphatic hydroxyl groups excluding tert-OH is 1. The maximum absolute atomic E-state index is 9.22. The molecule has 0 saturated heterocycles. The number of hydrogen-bond donors (Lipinski definition) is 2. The van der Waals surface area contributed by atoms with Crippen LogP contribution < -0.4 is 10.2 Å². The molecule has 0 amide bonds. The fourth-order valence-electron chi connectivity index (χ4n) is 2.14. The second kappa shape index (κ2) is 10.00. The standard InChI is InChI=1S/C15H25ClN2O2/c1-3-7-18(8-9-19)15-5-4-14(16)11-13(15)12-17-6-10-20-2/h4-5,11,17,19H,3,6-10,12H2,1-2H3. The van der Waals surface area contributed by atoms with Gasteiger partial charge in [-0.1, -0.05) is 18.5 Å². The lowest BCUT2D eigenvalue weighted by Gasteiger charge is -2.26. The molecule has 0 spiro atoms. The minimum Gasteiger partial charge on any atom is -0.395 e. The molecule has 0 bridgehead atoms. The average Bonchev–Trinajstić information content (AvgIpc) is 2.44. The highest BCUT2D eigenvalue weighted by molar-refractivity contribution is 6.30. The van der Waals surface area contributed by atoms with Crippen LogP contribution in [0.25, 0.3) is 0 Å². The molecule has 0 fully saturated rings. The van der Waals surface area contributed by atoms with Gasteiger partial charge in [0.05, 0.1) is 13.2 Å². The minimum absolute atomic E-state index is 0.152. The van der Waals surface area contributed by atoms with E-state index in [0.717, 1.165) is 42.3 Å². The molecule has 1 rings (SSSR count). The molecule has 0 heterocycles. The van der Waals surface area contributed by atoms with E-state index >= 15 is 0 Å². The molecule has 0 unspecified atom stereocenters. The summed E-state index contributed by atoms with van der Waals surface area (Å²) in [4.78, 5) is 2.20. The van der Waals surface area contributed by atoms with Gasteiger partial charge in [-0.05, 0) is 30.2 Å². The second-order valence-electron chi connectivity index (χ2n) is 4.65. The highest BCUT2D eigenvalue weighted by Gasteiger charge is 2.10. The van der Waals surface area contributed by atoms with Crippen molar-refractivity contribution < 1.29 is 9.84 Å². The molecular formula is C15H25ClN2O2. The van der Waals surface area contributed by atoms with E-state index in [1.54, 1.807) is 7.11 Å². The number of rotatable bonds is 10. The van der Waals surface area contributed by atoms with Crippen LogP contribution in [0.3, 0.4) is 0 Å². The Hall–Kier alpha value is -0.810. The molecule has 4 nitrogen and oxygen atoms in total. The lowest BCUT2D eigenvalue weighted by molar-refractivity contribution is 0.199. The molecule has 5 heteroatoms. The van der Waals surface area contributed by atoms with Crippen LogP contribution in [0.1, 0.15) is 18.9 Å². The first-order valence-corrected chi connectivity index (χ1v) is 7.44. The molecule has 0 atom stereocenters. The lowest BCUT2D eigenvalue weighted by atomic mass is 10.1. The molecule has 2 N–H and O–H groups in total. The molecule has 1 aromatic carbocycles. The predicted octanol–water partition coefficient (Wildman–Crippen LogP) is 2.28. The molecule has 0 aromatic heterocycles. The quantitative estimate of drug-likeness (QED) is 0.651. The summed E-state index contributed by atoms with van der Waals surface area (Å²) in [7, 11) is 1.69. The monoisotopic (exact) mass is 300 g/mol. The lowest BCUT2D eigenvalue weighted by Crippen LogP contribution is -2.29. The summed E-state index contributed by atoms with van der Waals surface area (Å²) in [6, 6.07) is 5.91. The van der Waals surface area contributed by atoms with Gasteiger partial charge in [0.25, 0.3) is 0 Å². The van der Waals surface area contributed by atoms with Crippen molar-refractivity contribution in [2.24, 2.45) is 0 Å². The minimum atomic E-state index is 0.152. The number of aliphatic hydroxyl groups is 1. The van der Waals surface area contributed by atoms with Crippen LogP contribution in [-0.4, -0.2) is 45.1 Å². The summed E-state index contributed by atoms with van der Waals surface area (Å²) < 4.78 is 5.03. The van der Waals surface area contributed by atoms with Crippen molar-refractivity contribution >= 4 is 17.3 Å². The number of anilines is 1. The van der Waals surface area contributed by atoms with E-state index in [0.29, 0.717) is 13.2 Å². The highest BCUT2D eigenvalue weighted by atomic mass is 35.5. The summed E-state index contributed by atoms with van der Waals surface area (Å²) in [5.41, 5.74) is 2.28. The van der Waals surface area contributed by atoms with E-state index in [1.165, 1.54) is 0 Å². The molecule has 20 heavy (non-hydrogen) atoms. The number of hydrogen-bond acceptors (Lipinski definition) is 4. The van der Waals surface area contributed by atoms with E-state index in [9.17, 15) is 5.11 Å². The number of ether oxygens (including phenoxy) is 1. The van der Waals surface area contributed by atoms with Crippen LogP contribution in [0.15, 0.2) is 18.2 Å². The zero-order valence-electron chi connectivity index (χ0n) is 12.4. The molecule has 1 aromatic rings. The molecule has 0 aliphatic rings. The Kier molecular flexibility index (Phi) is 8.62. The first kappa shape index (κ1) is 17.2. The van der Waals surface area contributed by atoms with Gasteiger partial charge in [-0.3, -0.25) is 0 Å². The van der Waals surface area contributed by atoms with E-state index in [1.807, 2.05) is 18.2 Å². The van der Waals surface area contributed by atoms with Gasteiger partial charge in [-0.25, -0.2) is 0 Å². The van der Waals surface area contributed by atoms with Crippen molar-refractivity contribution in [1.29, 1.82) is 0 Å². The normalized spacial score (nSPS) is 10.8. The van der Waals surface area contributed by atoms with Crippen LogP contribution in [-0.2, 0) is 11.3 Å². The van der Waals surface area contributed by atoms with Gasteiger partial charge in [0, 0.05) is 44.0 Å². The summed E-state index contributed by atoms with van der Waals surface area (Å²) in [6.45, 7) is 6.08. The van der Waals surface area contributed by atoms with Crippen LogP contribution in [0.5, 0.6) is 0 Å². The zero-order chi connectivity index (χ0) is 14.8. The van der Waals surface area contributed by atoms with Gasteiger partial charge in [0.2, 0.25) is 0 Å². The van der Waals surface area contributed by atoms with Crippen LogP contribution in [0.4, 0.5) is 5.69 Å². The first-order chi connectivity index (χ1) is 9.72. The Morgan fingerprint density at radius 2 is 2.15 bits per heavy atom. The van der Waals surface area contributed by atoms with E-state index in [2.05, 4.69) is 17.1 Å². The highest BCUT2D eigenvalue weighted by Crippen LogP contribution is 2.24. The zero-order valence-corrected chi connectivity index (χ0v) is 13.1. The van der Waals surface area contributed by atoms with E-state index < -0.39 is 0 Å². The van der Waals surface area contributed by atoms with Crippen molar-refractivity contribution in [3.8, 4) is 0 Å². The van der Waals surface area contributed by atoms with Crippen molar-refractivity contribution in [2.45, 2.75) is 19.9 Å². The molecule has 0 aliphatic heterocycles. The maximum atomic E-state index is 9.22. The van der Waals surface area contributed by atoms with Crippen molar-refractivity contribution in [2.75, 3.05) is 44.9 Å². The SMILES string of the molecule is CCCN(CCO)c1ccc(Cl)cc1CNCCOC. The van der Waals surface area contributed by atoms with Crippen LogP contribution in [0, 0.1) is 0 Å². The van der Waals surface area contributed by atoms with E-state index in [-0.39, 0.29) is 6.61 Å². The molecule has 114 valence electrons. The fourth-order valence-corrected chi connectivity index (χ4v) is 2.34. The molecule has 0 radical (unpaired) electrons. The number of benzene rings is 1. The van der Waals surface area contributed by atoms with Gasteiger partial charge in [0.15, 0.2) is 0 Å². The number of nitrogens with zero attached hydrogens (tertiary/aromatic N) is 1. The third-order valence-corrected chi connectivity index (χ3v) is 3.28. The molecular weight excluding hydrogens is 276 g/mol. The maximum Gasteiger partial charge on any atom is 0.0606 e. The second-order valence-corrected chi connectivity index (χ2v) is 5.09. The Labute approximate surface area is 126 Å². The molecule has 0 aliphatic carbocycles. The average molecular weight is 301 g/mol. The van der Waals surface area contributed by atoms with E-state index in [4.69, 9.17) is 16.3 Å². The van der Waals surface area contributed by atoms with Crippen molar-refractivity contribution in [3.05, 3.63) is 28.8 Å². The Bertz CT molecular complexity index is 382. The predicted molar refractivity (Wildman–Crippen MR) is 84.6 cm³/mol. The first-order valence-electron chi connectivity index (χ1n) is 7.06. The third-order valence-electron chi connectivity index (χ3n) is 3.04. The third kappa shape index (κ3) is 5.67.